The molecule has 8 heteroatoms. The summed E-state index contributed by atoms with van der Waals surface area (Å²) in [7, 11) is 1.61. The lowest BCUT2D eigenvalue weighted by atomic mass is 10.1. The number of benzene rings is 1. The van der Waals surface area contributed by atoms with Gasteiger partial charge in [0.25, 0.3) is 5.91 Å². The molecule has 0 saturated carbocycles. The van der Waals surface area contributed by atoms with Crippen LogP contribution in [-0.4, -0.2) is 45.0 Å². The van der Waals surface area contributed by atoms with Crippen LogP contribution in [0.25, 0.3) is 11.3 Å². The van der Waals surface area contributed by atoms with Crippen molar-refractivity contribution in [3.63, 3.8) is 0 Å². The van der Waals surface area contributed by atoms with Crippen LogP contribution in [-0.2, 0) is 0 Å². The van der Waals surface area contributed by atoms with Gasteiger partial charge < -0.3 is 9.64 Å². The van der Waals surface area contributed by atoms with Crippen LogP contribution in [0.4, 0.5) is 0 Å². The SMILES string of the molecule is COc1cccc(-c2[nH]ncc2C(=O)N2CCCC2c2nonc2C)c1. The molecule has 1 N–H and O–H groups in total. The number of aromatic nitrogens is 4. The quantitative estimate of drug-likeness (QED) is 0.774. The molecule has 4 rings (SSSR count). The summed E-state index contributed by atoms with van der Waals surface area (Å²) in [5.41, 5.74) is 3.49. The van der Waals surface area contributed by atoms with Crippen molar-refractivity contribution in [3.05, 3.63) is 47.4 Å². The topological polar surface area (TPSA) is 97.1 Å². The summed E-state index contributed by atoms with van der Waals surface area (Å²) in [5.74, 6) is 0.639. The molecule has 8 nitrogen and oxygen atoms in total. The lowest BCUT2D eigenvalue weighted by molar-refractivity contribution is 0.0731. The first-order valence-corrected chi connectivity index (χ1v) is 8.47. The van der Waals surface area contributed by atoms with E-state index in [-0.39, 0.29) is 11.9 Å². The van der Waals surface area contributed by atoms with Gasteiger partial charge in [-0.15, -0.1) is 0 Å². The van der Waals surface area contributed by atoms with E-state index in [0.717, 1.165) is 35.5 Å². The third-order valence-electron chi connectivity index (χ3n) is 4.75. The molecule has 26 heavy (non-hydrogen) atoms. The van der Waals surface area contributed by atoms with Gasteiger partial charge in [-0.2, -0.15) is 5.10 Å². The minimum atomic E-state index is -0.123. The Kier molecular flexibility index (Phi) is 4.16. The maximum Gasteiger partial charge on any atom is 0.258 e. The second-order valence-electron chi connectivity index (χ2n) is 6.28. The van der Waals surface area contributed by atoms with Crippen LogP contribution >= 0.6 is 0 Å². The number of hydrogen-bond donors (Lipinski definition) is 1. The van der Waals surface area contributed by atoms with Crippen molar-refractivity contribution in [1.29, 1.82) is 0 Å². The summed E-state index contributed by atoms with van der Waals surface area (Å²) in [6.07, 6.45) is 3.32. The van der Waals surface area contributed by atoms with E-state index in [1.807, 2.05) is 36.1 Å². The molecule has 1 saturated heterocycles. The summed E-state index contributed by atoms with van der Waals surface area (Å²) in [4.78, 5) is 15.0. The molecule has 1 aliphatic heterocycles. The number of H-pyrrole nitrogens is 1. The van der Waals surface area contributed by atoms with Crippen molar-refractivity contribution in [2.75, 3.05) is 13.7 Å². The highest BCUT2D eigenvalue weighted by molar-refractivity contribution is 6.00. The Morgan fingerprint density at radius 1 is 1.38 bits per heavy atom. The zero-order valence-corrected chi connectivity index (χ0v) is 14.6. The monoisotopic (exact) mass is 353 g/mol. The number of ether oxygens (including phenoxy) is 1. The number of rotatable bonds is 4. The molecule has 1 amide bonds. The van der Waals surface area contributed by atoms with E-state index in [1.165, 1.54) is 0 Å². The highest BCUT2D eigenvalue weighted by Gasteiger charge is 2.35. The number of hydrogen-bond acceptors (Lipinski definition) is 6. The Morgan fingerprint density at radius 3 is 3.04 bits per heavy atom. The van der Waals surface area contributed by atoms with E-state index in [4.69, 9.17) is 9.37 Å². The molecular weight excluding hydrogens is 334 g/mol. The van der Waals surface area contributed by atoms with Crippen molar-refractivity contribution in [3.8, 4) is 17.0 Å². The third-order valence-corrected chi connectivity index (χ3v) is 4.75. The van der Waals surface area contributed by atoms with Gasteiger partial charge >= 0.3 is 0 Å². The van der Waals surface area contributed by atoms with E-state index in [1.54, 1.807) is 13.3 Å². The number of amides is 1. The van der Waals surface area contributed by atoms with Gasteiger partial charge in [0.1, 0.15) is 17.1 Å². The fourth-order valence-corrected chi connectivity index (χ4v) is 3.44. The number of aromatic amines is 1. The largest absolute Gasteiger partial charge is 0.497 e. The van der Waals surface area contributed by atoms with Gasteiger partial charge in [-0.05, 0) is 31.9 Å². The van der Waals surface area contributed by atoms with Crippen LogP contribution in [0, 0.1) is 6.92 Å². The minimum absolute atomic E-state index is 0.0820. The second kappa shape index (κ2) is 6.62. The van der Waals surface area contributed by atoms with Crippen molar-refractivity contribution in [2.45, 2.75) is 25.8 Å². The molecule has 0 radical (unpaired) electrons. The molecule has 2 aromatic heterocycles. The molecule has 0 spiro atoms. The Bertz CT molecular complexity index is 932. The van der Waals surface area contributed by atoms with Crippen LogP contribution in [0.3, 0.4) is 0 Å². The second-order valence-corrected chi connectivity index (χ2v) is 6.28. The van der Waals surface area contributed by atoms with Crippen molar-refractivity contribution >= 4 is 5.91 Å². The normalized spacial score (nSPS) is 16.8. The minimum Gasteiger partial charge on any atom is -0.497 e. The lowest BCUT2D eigenvalue weighted by Gasteiger charge is -2.23. The molecule has 1 aliphatic rings. The Morgan fingerprint density at radius 2 is 2.27 bits per heavy atom. The molecule has 1 unspecified atom stereocenters. The maximum absolute atomic E-state index is 13.2. The van der Waals surface area contributed by atoms with Crippen molar-refractivity contribution < 1.29 is 14.2 Å². The van der Waals surface area contributed by atoms with Crippen molar-refractivity contribution in [1.82, 2.24) is 25.4 Å². The van der Waals surface area contributed by atoms with E-state index in [2.05, 4.69) is 20.5 Å². The zero-order valence-electron chi connectivity index (χ0n) is 14.6. The van der Waals surface area contributed by atoms with Crippen LogP contribution < -0.4 is 4.74 Å². The fraction of sp³-hybridized carbons (Fsp3) is 0.333. The number of aryl methyl sites for hydroxylation is 1. The average molecular weight is 353 g/mol. The van der Waals surface area contributed by atoms with E-state index in [0.29, 0.717) is 17.8 Å². The number of methoxy groups -OCH3 is 1. The number of carbonyl (C=O) groups is 1. The molecule has 3 heterocycles. The fourth-order valence-electron chi connectivity index (χ4n) is 3.44. The summed E-state index contributed by atoms with van der Waals surface area (Å²) >= 11 is 0. The lowest BCUT2D eigenvalue weighted by Crippen LogP contribution is -2.31. The Hall–Kier alpha value is -3.16. The molecule has 0 bridgehead atoms. The van der Waals surface area contributed by atoms with Crippen LogP contribution in [0.5, 0.6) is 5.75 Å². The highest BCUT2D eigenvalue weighted by atomic mass is 16.6. The van der Waals surface area contributed by atoms with E-state index >= 15 is 0 Å². The number of likely N-dealkylation sites (tertiary alicyclic amines) is 1. The molecule has 134 valence electrons. The Balaban J connectivity index is 1.67. The summed E-state index contributed by atoms with van der Waals surface area (Å²) in [5, 5.41) is 14.9. The van der Waals surface area contributed by atoms with Crippen LogP contribution in [0.2, 0.25) is 0 Å². The van der Waals surface area contributed by atoms with Gasteiger partial charge in [0.15, 0.2) is 0 Å². The first-order chi connectivity index (χ1) is 12.7. The van der Waals surface area contributed by atoms with Crippen molar-refractivity contribution in [2.24, 2.45) is 0 Å². The first-order valence-electron chi connectivity index (χ1n) is 8.47. The van der Waals surface area contributed by atoms with Gasteiger partial charge in [-0.1, -0.05) is 22.4 Å². The number of nitrogens with zero attached hydrogens (tertiary/aromatic N) is 4. The summed E-state index contributed by atoms with van der Waals surface area (Å²) in [6, 6.07) is 7.41. The van der Waals surface area contributed by atoms with Gasteiger partial charge in [-0.25, -0.2) is 4.63 Å². The average Bonchev–Trinajstić information content (AvgIpc) is 3.41. The van der Waals surface area contributed by atoms with Crippen LogP contribution in [0.15, 0.2) is 35.1 Å². The Labute approximate surface area is 150 Å². The van der Waals surface area contributed by atoms with Gasteiger partial charge in [0.2, 0.25) is 0 Å². The molecule has 1 fully saturated rings. The van der Waals surface area contributed by atoms with Crippen LogP contribution in [0.1, 0.15) is 40.6 Å². The predicted molar refractivity (Wildman–Crippen MR) is 92.6 cm³/mol. The predicted octanol–water partition coefficient (Wildman–Crippen LogP) is 2.75. The third kappa shape index (κ3) is 2.73. The number of carbonyl (C=O) groups excluding carboxylic acids is 1. The standard InChI is InChI=1S/C18H19N5O3/c1-11-16(22-26-21-11)15-7-4-8-23(15)18(24)14-10-19-20-17(14)12-5-3-6-13(9-12)25-2/h3,5-6,9-10,15H,4,7-8H2,1-2H3,(H,19,20). The maximum atomic E-state index is 13.2. The molecule has 0 aliphatic carbocycles. The first kappa shape index (κ1) is 16.3. The summed E-state index contributed by atoms with van der Waals surface area (Å²) < 4.78 is 10.1. The zero-order chi connectivity index (χ0) is 18.1. The molecule has 1 atom stereocenters. The van der Waals surface area contributed by atoms with E-state index < -0.39 is 0 Å². The molecule has 3 aromatic rings. The highest BCUT2D eigenvalue weighted by Crippen LogP contribution is 2.35. The molecular formula is C18H19N5O3. The smallest absolute Gasteiger partial charge is 0.258 e. The molecule has 1 aromatic carbocycles. The van der Waals surface area contributed by atoms with Gasteiger partial charge in [-0.3, -0.25) is 9.89 Å². The van der Waals surface area contributed by atoms with Gasteiger partial charge in [0.05, 0.1) is 30.6 Å². The van der Waals surface area contributed by atoms with Gasteiger partial charge in [0, 0.05) is 12.1 Å². The van der Waals surface area contributed by atoms with E-state index in [9.17, 15) is 4.79 Å². The summed E-state index contributed by atoms with van der Waals surface area (Å²) in [6.45, 7) is 2.50. The number of nitrogens with one attached hydrogen (secondary N) is 1.